The van der Waals surface area contributed by atoms with Crippen LogP contribution in [0.2, 0.25) is 0 Å². The summed E-state index contributed by atoms with van der Waals surface area (Å²) in [6, 6.07) is 23.0. The largest absolute Gasteiger partial charge is 0.497 e. The van der Waals surface area contributed by atoms with E-state index >= 15 is 0 Å². The summed E-state index contributed by atoms with van der Waals surface area (Å²) >= 11 is 0. The Balaban J connectivity index is 1.31. The van der Waals surface area contributed by atoms with E-state index in [1.54, 1.807) is 7.11 Å². The molecule has 37 heavy (non-hydrogen) atoms. The van der Waals surface area contributed by atoms with Crippen molar-refractivity contribution in [2.24, 2.45) is 0 Å². The Hall–Kier alpha value is -3.52. The van der Waals surface area contributed by atoms with Crippen molar-refractivity contribution < 1.29 is 14.2 Å². The fourth-order valence-electron chi connectivity index (χ4n) is 4.60. The van der Waals surface area contributed by atoms with Gasteiger partial charge in [-0.25, -0.2) is 0 Å². The molecule has 7 nitrogen and oxygen atoms in total. The van der Waals surface area contributed by atoms with Crippen LogP contribution in [0.3, 0.4) is 0 Å². The van der Waals surface area contributed by atoms with Gasteiger partial charge in [-0.2, -0.15) is 0 Å². The number of hydrogen-bond acceptors (Lipinski definition) is 7. The van der Waals surface area contributed by atoms with Crippen LogP contribution in [0.15, 0.2) is 79.1 Å². The van der Waals surface area contributed by atoms with Gasteiger partial charge in [0, 0.05) is 56.2 Å². The van der Waals surface area contributed by atoms with E-state index in [-0.39, 0.29) is 0 Å². The van der Waals surface area contributed by atoms with Crippen LogP contribution < -0.4 is 9.64 Å². The molecule has 0 amide bonds. The Morgan fingerprint density at radius 1 is 0.892 bits per heavy atom. The molecule has 0 atom stereocenters. The third kappa shape index (κ3) is 7.04. The van der Waals surface area contributed by atoms with Crippen LogP contribution in [0.1, 0.15) is 16.8 Å². The molecule has 0 bridgehead atoms. The van der Waals surface area contributed by atoms with Crippen molar-refractivity contribution in [2.75, 3.05) is 51.5 Å². The number of benzene rings is 2. The van der Waals surface area contributed by atoms with E-state index in [0.717, 1.165) is 74.0 Å². The average Bonchev–Trinajstić information content (AvgIpc) is 2.96. The molecule has 1 aliphatic heterocycles. The third-order valence-electron chi connectivity index (χ3n) is 6.62. The number of morpholine rings is 1. The highest BCUT2D eigenvalue weighted by Gasteiger charge is 2.13. The highest BCUT2D eigenvalue weighted by atomic mass is 16.5. The van der Waals surface area contributed by atoms with Crippen molar-refractivity contribution in [1.82, 2.24) is 14.9 Å². The lowest BCUT2D eigenvalue weighted by Crippen LogP contribution is -2.38. The smallest absolute Gasteiger partial charge is 0.119 e. The molecule has 192 valence electrons. The first-order valence-electron chi connectivity index (χ1n) is 12.8. The van der Waals surface area contributed by atoms with Crippen LogP contribution in [-0.2, 0) is 29.2 Å². The van der Waals surface area contributed by atoms with Crippen LogP contribution in [-0.4, -0.2) is 61.4 Å². The molecule has 0 N–H and O–H groups in total. The maximum absolute atomic E-state index is 5.98. The zero-order chi connectivity index (χ0) is 25.3. The van der Waals surface area contributed by atoms with E-state index in [9.17, 15) is 0 Å². The minimum Gasteiger partial charge on any atom is -0.497 e. The van der Waals surface area contributed by atoms with Crippen molar-refractivity contribution in [2.45, 2.75) is 19.7 Å². The molecule has 0 aliphatic carbocycles. The zero-order valence-corrected chi connectivity index (χ0v) is 21.4. The van der Waals surface area contributed by atoms with E-state index in [1.807, 2.05) is 30.6 Å². The number of aromatic nitrogens is 2. The van der Waals surface area contributed by atoms with Gasteiger partial charge in [0.05, 0.1) is 44.7 Å². The van der Waals surface area contributed by atoms with Gasteiger partial charge in [0.15, 0.2) is 0 Å². The zero-order valence-electron chi connectivity index (χ0n) is 21.4. The Kier molecular flexibility index (Phi) is 8.58. The molecule has 1 saturated heterocycles. The maximum Gasteiger partial charge on any atom is 0.119 e. The number of rotatable bonds is 11. The number of methoxy groups -OCH3 is 1. The topological polar surface area (TPSA) is 60.0 Å². The molecule has 0 unspecified atom stereocenters. The minimum absolute atomic E-state index is 0.491. The summed E-state index contributed by atoms with van der Waals surface area (Å²) in [4.78, 5) is 13.9. The molecule has 0 spiro atoms. The maximum atomic E-state index is 5.98. The van der Waals surface area contributed by atoms with Gasteiger partial charge in [-0.3, -0.25) is 14.9 Å². The summed E-state index contributed by atoms with van der Waals surface area (Å²) in [5, 5.41) is 1.14. The van der Waals surface area contributed by atoms with Crippen molar-refractivity contribution in [3.63, 3.8) is 0 Å². The van der Waals surface area contributed by atoms with Gasteiger partial charge in [-0.05, 0) is 47.5 Å². The van der Waals surface area contributed by atoms with Gasteiger partial charge in [-0.15, -0.1) is 0 Å². The molecule has 3 heterocycles. The standard InChI is InChI=1S/C30H34N4O3/c1-35-29-6-2-4-24(18-29)21-34(22-25-7-8-26-5-3-10-32-30(26)19-25)28-9-11-31-27(20-28)23-37-17-14-33-12-15-36-16-13-33/h2-11,18-20H,12-17,21-23H2,1H3. The number of fused-ring (bicyclic) bond motifs is 1. The summed E-state index contributed by atoms with van der Waals surface area (Å²) in [5.41, 5.74) is 5.42. The summed E-state index contributed by atoms with van der Waals surface area (Å²) in [6.45, 7) is 7.13. The Morgan fingerprint density at radius 3 is 2.62 bits per heavy atom. The van der Waals surface area contributed by atoms with Gasteiger partial charge < -0.3 is 19.1 Å². The van der Waals surface area contributed by atoms with E-state index < -0.39 is 0 Å². The molecular weight excluding hydrogens is 464 g/mol. The first-order valence-corrected chi connectivity index (χ1v) is 12.8. The first-order chi connectivity index (χ1) is 18.3. The number of anilines is 1. The second kappa shape index (κ2) is 12.6. The molecule has 0 radical (unpaired) electrons. The fraction of sp³-hybridized carbons (Fsp3) is 0.333. The number of ether oxygens (including phenoxy) is 3. The van der Waals surface area contributed by atoms with Gasteiger partial charge in [-0.1, -0.05) is 30.3 Å². The average molecular weight is 499 g/mol. The van der Waals surface area contributed by atoms with Crippen LogP contribution in [0.5, 0.6) is 5.75 Å². The molecule has 0 saturated carbocycles. The summed E-state index contributed by atoms with van der Waals surface area (Å²) in [6.07, 6.45) is 3.71. The Labute approximate surface area is 218 Å². The van der Waals surface area contributed by atoms with Crippen LogP contribution in [0.4, 0.5) is 5.69 Å². The normalized spacial score (nSPS) is 14.1. The first kappa shape index (κ1) is 25.1. The van der Waals surface area contributed by atoms with E-state index in [4.69, 9.17) is 14.2 Å². The number of nitrogens with zero attached hydrogens (tertiary/aromatic N) is 4. The third-order valence-corrected chi connectivity index (χ3v) is 6.62. The lowest BCUT2D eigenvalue weighted by molar-refractivity contribution is 0.0177. The van der Waals surface area contributed by atoms with Crippen molar-refractivity contribution in [3.05, 3.63) is 95.9 Å². The summed E-state index contributed by atoms with van der Waals surface area (Å²) in [7, 11) is 1.70. The lowest BCUT2D eigenvalue weighted by Gasteiger charge is -2.26. The fourth-order valence-corrected chi connectivity index (χ4v) is 4.60. The Morgan fingerprint density at radius 2 is 1.76 bits per heavy atom. The highest BCUT2D eigenvalue weighted by Crippen LogP contribution is 2.24. The number of hydrogen-bond donors (Lipinski definition) is 0. The molecule has 2 aromatic carbocycles. The summed E-state index contributed by atoms with van der Waals surface area (Å²) < 4.78 is 16.9. The molecular formula is C30H34N4O3. The Bertz CT molecular complexity index is 1290. The van der Waals surface area contributed by atoms with Crippen molar-refractivity contribution >= 4 is 16.6 Å². The van der Waals surface area contributed by atoms with Crippen LogP contribution in [0, 0.1) is 0 Å². The predicted octanol–water partition coefficient (Wildman–Crippen LogP) is 4.69. The lowest BCUT2D eigenvalue weighted by atomic mass is 10.1. The SMILES string of the molecule is COc1cccc(CN(Cc2ccc3cccnc3c2)c2ccnc(COCCN3CCOCC3)c2)c1. The van der Waals surface area contributed by atoms with Gasteiger partial charge in [0.2, 0.25) is 0 Å². The quantitative estimate of drug-likeness (QED) is 0.278. The minimum atomic E-state index is 0.491. The molecule has 7 heteroatoms. The number of pyridine rings is 2. The monoisotopic (exact) mass is 498 g/mol. The van der Waals surface area contributed by atoms with Crippen LogP contribution in [0.25, 0.3) is 10.9 Å². The van der Waals surface area contributed by atoms with E-state index in [0.29, 0.717) is 13.2 Å². The van der Waals surface area contributed by atoms with Gasteiger partial charge >= 0.3 is 0 Å². The molecule has 1 aliphatic rings. The summed E-state index contributed by atoms with van der Waals surface area (Å²) in [5.74, 6) is 0.858. The van der Waals surface area contributed by atoms with E-state index in [2.05, 4.69) is 68.3 Å². The molecule has 1 fully saturated rings. The highest BCUT2D eigenvalue weighted by molar-refractivity contribution is 5.79. The van der Waals surface area contributed by atoms with Gasteiger partial charge in [0.25, 0.3) is 0 Å². The van der Waals surface area contributed by atoms with E-state index in [1.165, 1.54) is 11.1 Å². The van der Waals surface area contributed by atoms with Crippen LogP contribution >= 0.6 is 0 Å². The van der Waals surface area contributed by atoms with Crippen molar-refractivity contribution in [1.29, 1.82) is 0 Å². The molecule has 4 aromatic rings. The van der Waals surface area contributed by atoms with Gasteiger partial charge in [0.1, 0.15) is 5.75 Å². The molecule has 5 rings (SSSR count). The second-order valence-corrected chi connectivity index (χ2v) is 9.25. The predicted molar refractivity (Wildman–Crippen MR) is 146 cm³/mol. The second-order valence-electron chi connectivity index (χ2n) is 9.25. The van der Waals surface area contributed by atoms with Crippen molar-refractivity contribution in [3.8, 4) is 5.75 Å². The molecule has 2 aromatic heterocycles.